The molecule has 8 heteroatoms. The predicted molar refractivity (Wildman–Crippen MR) is 80.9 cm³/mol. The Hall–Kier alpha value is -0.665. The summed E-state index contributed by atoms with van der Waals surface area (Å²) in [4.78, 5) is 16.2. The number of rotatable bonds is 6. The molecule has 0 saturated carbocycles. The number of ether oxygens (including phenoxy) is 4. The van der Waals surface area contributed by atoms with Crippen LogP contribution in [-0.4, -0.2) is 109 Å². The van der Waals surface area contributed by atoms with Crippen LogP contribution >= 0.6 is 0 Å². The Morgan fingerprint density at radius 1 is 1.23 bits per heavy atom. The van der Waals surface area contributed by atoms with Crippen LogP contribution in [0.2, 0.25) is 0 Å². The van der Waals surface area contributed by atoms with Crippen LogP contribution in [0.15, 0.2) is 0 Å². The van der Waals surface area contributed by atoms with Crippen molar-refractivity contribution < 1.29 is 23.7 Å². The van der Waals surface area contributed by atoms with Gasteiger partial charge in [-0.15, -0.1) is 0 Å². The van der Waals surface area contributed by atoms with Crippen molar-refractivity contribution in [3.05, 3.63) is 0 Å². The van der Waals surface area contributed by atoms with E-state index in [1.54, 1.807) is 14.2 Å². The van der Waals surface area contributed by atoms with E-state index in [2.05, 4.69) is 4.90 Å². The minimum absolute atomic E-state index is 0.00893. The van der Waals surface area contributed by atoms with E-state index in [0.29, 0.717) is 6.61 Å². The topological polar surface area (TPSA) is 60.5 Å². The molecule has 1 unspecified atom stereocenters. The van der Waals surface area contributed by atoms with Gasteiger partial charge in [-0.1, -0.05) is 0 Å². The number of carbonyl (C=O) groups is 1. The van der Waals surface area contributed by atoms with E-state index in [-0.39, 0.29) is 24.7 Å². The van der Waals surface area contributed by atoms with Gasteiger partial charge < -0.3 is 28.7 Å². The van der Waals surface area contributed by atoms with Gasteiger partial charge in [0.25, 0.3) is 0 Å². The van der Waals surface area contributed by atoms with Gasteiger partial charge in [-0.25, -0.2) is 0 Å². The van der Waals surface area contributed by atoms with Crippen molar-refractivity contribution in [3.63, 3.8) is 0 Å². The third-order valence-corrected chi connectivity index (χ3v) is 4.20. The molecule has 2 radical (unpaired) electrons. The third kappa shape index (κ3) is 4.20. The van der Waals surface area contributed by atoms with Crippen LogP contribution in [0.25, 0.3) is 0 Å². The molecule has 0 N–H and O–H groups in total. The van der Waals surface area contributed by atoms with E-state index in [4.69, 9.17) is 26.8 Å². The average Bonchev–Trinajstić information content (AvgIpc) is 2.80. The van der Waals surface area contributed by atoms with Crippen LogP contribution in [0.3, 0.4) is 0 Å². The lowest BCUT2D eigenvalue weighted by molar-refractivity contribution is -0.142. The molecule has 7 nitrogen and oxygen atoms in total. The number of piperazine rings is 1. The molecule has 22 heavy (non-hydrogen) atoms. The third-order valence-electron chi connectivity index (χ3n) is 4.20. The highest BCUT2D eigenvalue weighted by atomic mass is 16.6. The maximum atomic E-state index is 12.2. The van der Waals surface area contributed by atoms with E-state index >= 15 is 0 Å². The van der Waals surface area contributed by atoms with Crippen molar-refractivity contribution in [1.82, 2.24) is 9.80 Å². The standard InChI is InChI=1S/C14H25BN2O5/c1-16-4-6-17(7-5-16)11(18)9-21-13-12(20-3)10(8-19-2)22-14(13)15/h10,12-14H,4-9H2,1-3H3/t10-,12?,13+,14-/m1/s1. The summed E-state index contributed by atoms with van der Waals surface area (Å²) in [6.45, 7) is 3.59. The molecule has 0 aromatic rings. The lowest BCUT2D eigenvalue weighted by Crippen LogP contribution is -2.49. The monoisotopic (exact) mass is 312 g/mol. The molecule has 2 aliphatic heterocycles. The normalized spacial score (nSPS) is 33.3. The predicted octanol–water partition coefficient (Wildman–Crippen LogP) is -1.30. The van der Waals surface area contributed by atoms with E-state index in [1.165, 1.54) is 0 Å². The fourth-order valence-corrected chi connectivity index (χ4v) is 2.84. The van der Waals surface area contributed by atoms with Crippen LogP contribution in [0.4, 0.5) is 0 Å². The summed E-state index contributed by atoms with van der Waals surface area (Å²) in [7, 11) is 11.1. The Labute approximate surface area is 133 Å². The van der Waals surface area contributed by atoms with Crippen LogP contribution < -0.4 is 0 Å². The summed E-state index contributed by atoms with van der Waals surface area (Å²) in [5, 5.41) is 0. The molecule has 0 bridgehead atoms. The summed E-state index contributed by atoms with van der Waals surface area (Å²) in [6, 6.07) is -0.620. The number of likely N-dealkylation sites (N-methyl/N-ethyl adjacent to an activating group) is 1. The highest BCUT2D eigenvalue weighted by Gasteiger charge is 2.43. The molecule has 2 saturated heterocycles. The Bertz CT molecular complexity index is 365. The van der Waals surface area contributed by atoms with Gasteiger partial charge in [-0.05, 0) is 7.05 Å². The second-order valence-corrected chi connectivity index (χ2v) is 5.75. The van der Waals surface area contributed by atoms with E-state index in [1.807, 2.05) is 11.9 Å². The zero-order valence-electron chi connectivity index (χ0n) is 13.6. The number of hydrogen-bond acceptors (Lipinski definition) is 6. The van der Waals surface area contributed by atoms with Crippen LogP contribution in [0, 0.1) is 0 Å². The van der Waals surface area contributed by atoms with Crippen molar-refractivity contribution >= 4 is 13.8 Å². The Kier molecular flexibility index (Phi) is 6.64. The summed E-state index contributed by atoms with van der Waals surface area (Å²) in [5.41, 5.74) is 0. The molecule has 0 aromatic heterocycles. The molecule has 0 aromatic carbocycles. The average molecular weight is 312 g/mol. The molecule has 0 aliphatic carbocycles. The number of carbonyl (C=O) groups excluding carboxylic acids is 1. The van der Waals surface area contributed by atoms with Crippen molar-refractivity contribution in [3.8, 4) is 0 Å². The molecule has 4 atom stereocenters. The first-order valence-electron chi connectivity index (χ1n) is 7.57. The zero-order chi connectivity index (χ0) is 16.1. The van der Waals surface area contributed by atoms with Gasteiger partial charge in [0, 0.05) is 46.4 Å². The number of amides is 1. The summed E-state index contributed by atoms with van der Waals surface area (Å²) in [6.07, 6.45) is -1.09. The molecule has 1 amide bonds. The second kappa shape index (κ2) is 8.26. The molecular weight excluding hydrogens is 287 g/mol. The molecule has 2 rings (SSSR count). The van der Waals surface area contributed by atoms with E-state index < -0.39 is 12.1 Å². The van der Waals surface area contributed by atoms with E-state index in [0.717, 1.165) is 26.2 Å². The molecule has 2 heterocycles. The molecule has 2 fully saturated rings. The fourth-order valence-electron chi connectivity index (χ4n) is 2.84. The van der Waals surface area contributed by atoms with E-state index in [9.17, 15) is 4.79 Å². The molecular formula is C14H25BN2O5. The minimum atomic E-state index is -0.620. The maximum absolute atomic E-state index is 12.2. The zero-order valence-corrected chi connectivity index (χ0v) is 13.6. The van der Waals surface area contributed by atoms with Crippen LogP contribution in [-0.2, 0) is 23.7 Å². The van der Waals surface area contributed by atoms with Crippen molar-refractivity contribution in [2.45, 2.75) is 24.3 Å². The first kappa shape index (κ1) is 17.7. The highest BCUT2D eigenvalue weighted by molar-refractivity contribution is 6.11. The van der Waals surface area contributed by atoms with Gasteiger partial charge in [-0.2, -0.15) is 0 Å². The highest BCUT2D eigenvalue weighted by Crippen LogP contribution is 2.25. The van der Waals surface area contributed by atoms with Gasteiger partial charge in [0.05, 0.1) is 6.61 Å². The number of nitrogens with zero attached hydrogens (tertiary/aromatic N) is 2. The fraction of sp³-hybridized carbons (Fsp3) is 0.929. The van der Waals surface area contributed by atoms with Crippen molar-refractivity contribution in [1.29, 1.82) is 0 Å². The SMILES string of the molecule is [B][C@@H]1O[C@H](COC)C(OC)[C@@H]1OCC(=O)N1CCN(C)CC1. The van der Waals surface area contributed by atoms with Gasteiger partial charge in [0.1, 0.15) is 32.8 Å². The van der Waals surface area contributed by atoms with Gasteiger partial charge in [0.2, 0.25) is 5.91 Å². The van der Waals surface area contributed by atoms with Gasteiger partial charge in [-0.3, -0.25) is 4.79 Å². The first-order valence-corrected chi connectivity index (χ1v) is 7.57. The Morgan fingerprint density at radius 3 is 2.50 bits per heavy atom. The Morgan fingerprint density at radius 2 is 1.91 bits per heavy atom. The number of hydrogen-bond donors (Lipinski definition) is 0. The maximum Gasteiger partial charge on any atom is 0.248 e. The number of methoxy groups -OCH3 is 2. The second-order valence-electron chi connectivity index (χ2n) is 5.75. The van der Waals surface area contributed by atoms with Crippen LogP contribution in [0.5, 0.6) is 0 Å². The summed E-state index contributed by atoms with van der Waals surface area (Å²) >= 11 is 0. The lowest BCUT2D eigenvalue weighted by atomic mass is 9.93. The molecule has 124 valence electrons. The Balaban J connectivity index is 1.83. The van der Waals surface area contributed by atoms with Gasteiger partial charge in [0.15, 0.2) is 0 Å². The minimum Gasteiger partial charge on any atom is -0.382 e. The quantitative estimate of drug-likeness (QED) is 0.568. The molecule has 2 aliphatic rings. The lowest BCUT2D eigenvalue weighted by Gasteiger charge is -2.33. The smallest absolute Gasteiger partial charge is 0.248 e. The largest absolute Gasteiger partial charge is 0.382 e. The van der Waals surface area contributed by atoms with Gasteiger partial charge >= 0.3 is 0 Å². The summed E-state index contributed by atoms with van der Waals surface area (Å²) < 4.78 is 21.8. The summed E-state index contributed by atoms with van der Waals surface area (Å²) in [5.74, 6) is -0.0228. The van der Waals surface area contributed by atoms with Crippen LogP contribution in [0.1, 0.15) is 0 Å². The molecule has 0 spiro atoms. The first-order chi connectivity index (χ1) is 10.6. The van der Waals surface area contributed by atoms with Crippen molar-refractivity contribution in [2.75, 3.05) is 60.7 Å². The van der Waals surface area contributed by atoms with Crippen molar-refractivity contribution in [2.24, 2.45) is 0 Å².